The van der Waals surface area contributed by atoms with Gasteiger partial charge >= 0.3 is 6.18 Å². The van der Waals surface area contributed by atoms with Crippen LogP contribution < -0.4 is 0 Å². The van der Waals surface area contributed by atoms with Crippen molar-refractivity contribution in [1.29, 1.82) is 5.26 Å². The third-order valence-corrected chi connectivity index (χ3v) is 2.89. The number of nitrogens with zero attached hydrogens (tertiary/aromatic N) is 2. The summed E-state index contributed by atoms with van der Waals surface area (Å²) in [5.74, 6) is -0.244. The fraction of sp³-hybridized carbons (Fsp3) is 0.900. The first kappa shape index (κ1) is 12.3. The maximum absolute atomic E-state index is 12.2. The number of hydrogen-bond donors (Lipinski definition) is 0. The van der Waals surface area contributed by atoms with Gasteiger partial charge in [-0.1, -0.05) is 12.8 Å². The maximum Gasteiger partial charge on any atom is 0.401 e. The van der Waals surface area contributed by atoms with Gasteiger partial charge in [-0.15, -0.1) is 0 Å². The van der Waals surface area contributed by atoms with E-state index >= 15 is 0 Å². The molecule has 1 aliphatic carbocycles. The van der Waals surface area contributed by atoms with E-state index in [0.29, 0.717) is 6.42 Å². The highest BCUT2D eigenvalue weighted by molar-refractivity contribution is 4.95. The van der Waals surface area contributed by atoms with Crippen molar-refractivity contribution in [3.63, 3.8) is 0 Å². The Bertz CT molecular complexity index is 244. The zero-order chi connectivity index (χ0) is 11.5. The minimum absolute atomic E-state index is 0.231. The topological polar surface area (TPSA) is 27.0 Å². The average molecular weight is 220 g/mol. The molecular weight excluding hydrogens is 205 g/mol. The van der Waals surface area contributed by atoms with Gasteiger partial charge in [0.2, 0.25) is 0 Å². The van der Waals surface area contributed by atoms with Crippen LogP contribution >= 0.6 is 0 Å². The van der Waals surface area contributed by atoms with Gasteiger partial charge in [0.1, 0.15) is 0 Å². The molecule has 1 aliphatic rings. The lowest BCUT2D eigenvalue weighted by atomic mass is 9.84. The number of nitriles is 1. The summed E-state index contributed by atoms with van der Waals surface area (Å²) < 4.78 is 36.5. The SMILES string of the molecule is CN(CC(F)(F)F)C1CCCCC1C#N. The van der Waals surface area contributed by atoms with E-state index in [9.17, 15) is 13.2 Å². The Morgan fingerprint density at radius 3 is 2.47 bits per heavy atom. The van der Waals surface area contributed by atoms with Crippen molar-refractivity contribution < 1.29 is 13.2 Å². The van der Waals surface area contributed by atoms with Crippen molar-refractivity contribution in [2.75, 3.05) is 13.6 Å². The Hall–Kier alpha value is -0.760. The third kappa shape index (κ3) is 3.71. The first-order valence-corrected chi connectivity index (χ1v) is 5.10. The standard InChI is InChI=1S/C10H15F3N2/c1-15(7-10(11,12)13)9-5-3-2-4-8(9)6-14/h8-9H,2-5,7H2,1H3. The Kier molecular flexibility index (Phi) is 3.97. The summed E-state index contributed by atoms with van der Waals surface area (Å²) in [7, 11) is 1.45. The van der Waals surface area contributed by atoms with E-state index in [1.165, 1.54) is 11.9 Å². The molecule has 0 aliphatic heterocycles. The van der Waals surface area contributed by atoms with Crippen LogP contribution in [0.2, 0.25) is 0 Å². The fourth-order valence-electron chi connectivity index (χ4n) is 2.19. The molecule has 2 nitrogen and oxygen atoms in total. The second-order valence-corrected chi connectivity index (χ2v) is 4.12. The molecular formula is C10H15F3N2. The molecule has 0 N–H and O–H groups in total. The molecule has 1 saturated carbocycles. The Morgan fingerprint density at radius 2 is 1.93 bits per heavy atom. The van der Waals surface area contributed by atoms with Crippen molar-refractivity contribution in [1.82, 2.24) is 4.90 Å². The molecule has 2 atom stereocenters. The van der Waals surface area contributed by atoms with E-state index < -0.39 is 12.7 Å². The third-order valence-electron chi connectivity index (χ3n) is 2.89. The highest BCUT2D eigenvalue weighted by atomic mass is 19.4. The number of hydrogen-bond acceptors (Lipinski definition) is 2. The summed E-state index contributed by atoms with van der Waals surface area (Å²) in [5.41, 5.74) is 0. The zero-order valence-electron chi connectivity index (χ0n) is 8.72. The monoisotopic (exact) mass is 220 g/mol. The van der Waals surface area contributed by atoms with Gasteiger partial charge in [-0.05, 0) is 19.9 Å². The second-order valence-electron chi connectivity index (χ2n) is 4.12. The summed E-state index contributed by atoms with van der Waals surface area (Å²) in [6.07, 6.45) is -0.875. The minimum Gasteiger partial charge on any atom is -0.294 e. The van der Waals surface area contributed by atoms with Crippen LogP contribution in [0.15, 0.2) is 0 Å². The van der Waals surface area contributed by atoms with Crippen LogP contribution in [0.4, 0.5) is 13.2 Å². The van der Waals surface area contributed by atoms with Crippen LogP contribution in [0.3, 0.4) is 0 Å². The summed E-state index contributed by atoms with van der Waals surface area (Å²) in [6.45, 7) is -0.921. The predicted molar refractivity (Wildman–Crippen MR) is 50.0 cm³/mol. The summed E-state index contributed by atoms with van der Waals surface area (Å²) >= 11 is 0. The highest BCUT2D eigenvalue weighted by Crippen LogP contribution is 2.29. The van der Waals surface area contributed by atoms with Crippen LogP contribution in [0, 0.1) is 17.2 Å². The molecule has 5 heteroatoms. The molecule has 0 heterocycles. The normalized spacial score (nSPS) is 27.7. The molecule has 1 rings (SSSR count). The molecule has 0 amide bonds. The van der Waals surface area contributed by atoms with Gasteiger partial charge in [0, 0.05) is 6.04 Å². The fourth-order valence-corrected chi connectivity index (χ4v) is 2.19. The first-order chi connectivity index (χ1) is 6.94. The average Bonchev–Trinajstić information content (AvgIpc) is 2.15. The van der Waals surface area contributed by atoms with Gasteiger partial charge in [-0.3, -0.25) is 4.90 Å². The molecule has 15 heavy (non-hydrogen) atoms. The van der Waals surface area contributed by atoms with E-state index in [-0.39, 0.29) is 12.0 Å². The zero-order valence-corrected chi connectivity index (χ0v) is 8.72. The van der Waals surface area contributed by atoms with Gasteiger partial charge in [0.15, 0.2) is 0 Å². The first-order valence-electron chi connectivity index (χ1n) is 5.10. The highest BCUT2D eigenvalue weighted by Gasteiger charge is 2.35. The molecule has 86 valence electrons. The van der Waals surface area contributed by atoms with E-state index in [1.54, 1.807) is 0 Å². The Labute approximate surface area is 87.7 Å². The van der Waals surface area contributed by atoms with Gasteiger partial charge in [-0.25, -0.2) is 0 Å². The lowest BCUT2D eigenvalue weighted by molar-refractivity contribution is -0.149. The molecule has 0 aromatic heterocycles. The van der Waals surface area contributed by atoms with Crippen molar-refractivity contribution in [3.8, 4) is 6.07 Å². The van der Waals surface area contributed by atoms with Gasteiger partial charge in [0.05, 0.1) is 18.5 Å². The number of rotatable bonds is 2. The maximum atomic E-state index is 12.2. The minimum atomic E-state index is -4.17. The molecule has 0 aromatic rings. The van der Waals surface area contributed by atoms with Gasteiger partial charge < -0.3 is 0 Å². The van der Waals surface area contributed by atoms with E-state index in [2.05, 4.69) is 6.07 Å². The van der Waals surface area contributed by atoms with Crippen molar-refractivity contribution >= 4 is 0 Å². The predicted octanol–water partition coefficient (Wildman–Crippen LogP) is 2.56. The van der Waals surface area contributed by atoms with E-state index in [0.717, 1.165) is 19.3 Å². The van der Waals surface area contributed by atoms with Gasteiger partial charge in [0.25, 0.3) is 0 Å². The largest absolute Gasteiger partial charge is 0.401 e. The Balaban J connectivity index is 2.57. The van der Waals surface area contributed by atoms with Crippen LogP contribution in [-0.2, 0) is 0 Å². The summed E-state index contributed by atoms with van der Waals surface area (Å²) in [4.78, 5) is 1.27. The lowest BCUT2D eigenvalue weighted by Crippen LogP contribution is -2.44. The molecule has 0 bridgehead atoms. The van der Waals surface area contributed by atoms with E-state index in [4.69, 9.17) is 5.26 Å². The molecule has 0 spiro atoms. The van der Waals surface area contributed by atoms with Crippen LogP contribution in [0.5, 0.6) is 0 Å². The summed E-state index contributed by atoms with van der Waals surface area (Å²) in [5, 5.41) is 8.85. The van der Waals surface area contributed by atoms with Gasteiger partial charge in [-0.2, -0.15) is 18.4 Å². The van der Waals surface area contributed by atoms with Crippen LogP contribution in [0.25, 0.3) is 0 Å². The van der Waals surface area contributed by atoms with Crippen molar-refractivity contribution in [2.45, 2.75) is 37.9 Å². The van der Waals surface area contributed by atoms with Crippen molar-refractivity contribution in [2.24, 2.45) is 5.92 Å². The molecule has 1 fully saturated rings. The molecule has 0 aromatic carbocycles. The lowest BCUT2D eigenvalue weighted by Gasteiger charge is -2.34. The summed E-state index contributed by atoms with van der Waals surface area (Å²) in [6, 6.07) is 1.88. The molecule has 2 unspecified atom stereocenters. The van der Waals surface area contributed by atoms with Crippen LogP contribution in [-0.4, -0.2) is 30.7 Å². The number of halogens is 3. The van der Waals surface area contributed by atoms with E-state index in [1.807, 2.05) is 0 Å². The second kappa shape index (κ2) is 4.84. The molecule has 0 radical (unpaired) electrons. The number of alkyl halides is 3. The van der Waals surface area contributed by atoms with Crippen molar-refractivity contribution in [3.05, 3.63) is 0 Å². The Morgan fingerprint density at radius 1 is 1.33 bits per heavy atom. The smallest absolute Gasteiger partial charge is 0.294 e. The van der Waals surface area contributed by atoms with Crippen LogP contribution in [0.1, 0.15) is 25.7 Å². The molecule has 0 saturated heterocycles. The quantitative estimate of drug-likeness (QED) is 0.715.